The van der Waals surface area contributed by atoms with E-state index in [1.54, 1.807) is 0 Å². The van der Waals surface area contributed by atoms with Gasteiger partial charge in [0.25, 0.3) is 0 Å². The zero-order chi connectivity index (χ0) is 9.07. The third-order valence-electron chi connectivity index (χ3n) is 0.919. The van der Waals surface area contributed by atoms with Gasteiger partial charge in [-0.1, -0.05) is 0 Å². The molecular weight excluding hydrogens is 190 g/mol. The summed E-state index contributed by atoms with van der Waals surface area (Å²) >= 11 is 0. The molecule has 0 aliphatic rings. The van der Waals surface area contributed by atoms with Crippen molar-refractivity contribution in [1.82, 2.24) is 0 Å². The Balaban J connectivity index is 3.82. The van der Waals surface area contributed by atoms with Crippen LogP contribution >= 0.6 is 10.8 Å². The normalized spacial score (nSPS) is 14.5. The smallest absolute Gasteiger partial charge is 0.319 e. The van der Waals surface area contributed by atoms with Gasteiger partial charge in [-0.15, -0.1) is 0 Å². The minimum atomic E-state index is -4.07. The van der Waals surface area contributed by atoms with Crippen molar-refractivity contribution in [2.45, 2.75) is 13.0 Å². The van der Waals surface area contributed by atoms with Crippen LogP contribution in [0.1, 0.15) is 6.92 Å². The Kier molecular flexibility index (Phi) is 4.01. The molecule has 0 aliphatic heterocycles. The van der Waals surface area contributed by atoms with Crippen molar-refractivity contribution in [3.8, 4) is 0 Å². The van der Waals surface area contributed by atoms with Gasteiger partial charge in [-0.25, -0.2) is 0 Å². The van der Waals surface area contributed by atoms with Crippen LogP contribution in [0.2, 0.25) is 0 Å². The van der Waals surface area contributed by atoms with Gasteiger partial charge in [-0.3, -0.25) is 9.35 Å². The first-order valence-corrected chi connectivity index (χ1v) is 5.65. The van der Waals surface area contributed by atoms with Gasteiger partial charge < -0.3 is 5.73 Å². The summed E-state index contributed by atoms with van der Waals surface area (Å²) in [6.07, 6.45) is 0. The molecule has 0 saturated heterocycles. The molecule has 0 radical (unpaired) electrons. The average Bonchev–Trinajstić information content (AvgIpc) is 1.80. The number of rotatable bonds is 4. The van der Waals surface area contributed by atoms with Crippen LogP contribution in [0.4, 0.5) is 0 Å². The maximum Gasteiger partial charge on any atom is 0.319 e. The first kappa shape index (κ1) is 10.9. The molecule has 0 saturated carbocycles. The fourth-order valence-electron chi connectivity index (χ4n) is 0.277. The molecule has 3 N–H and O–H groups in total. The largest absolute Gasteiger partial charge is 0.321 e. The Bertz CT molecular complexity index is 234. The van der Waals surface area contributed by atoms with Crippen LogP contribution in [-0.2, 0) is 13.9 Å². The fourth-order valence-corrected chi connectivity index (χ4v) is 1.79. The summed E-state index contributed by atoms with van der Waals surface area (Å²) < 4.78 is 28.4. The third kappa shape index (κ3) is 6.29. The van der Waals surface area contributed by atoms with Gasteiger partial charge in [-0.05, 0) is 17.7 Å². The second kappa shape index (κ2) is 4.05. The zero-order valence-electron chi connectivity index (χ0n) is 5.85. The minimum Gasteiger partial charge on any atom is -0.321 e. The first-order chi connectivity index (χ1) is 4.83. The summed E-state index contributed by atoms with van der Waals surface area (Å²) in [5.74, 6) is -0.421. The predicted octanol–water partition coefficient (Wildman–Crippen LogP) is -0.561. The molecule has 0 fully saturated rings. The number of hydrogen-bond donors (Lipinski definition) is 2. The second-order valence-electron chi connectivity index (χ2n) is 1.93. The summed E-state index contributed by atoms with van der Waals surface area (Å²) in [4.78, 5) is 10.4. The second-order valence-corrected chi connectivity index (χ2v) is 5.32. The van der Waals surface area contributed by atoms with Gasteiger partial charge in [0.1, 0.15) is 5.78 Å². The van der Waals surface area contributed by atoms with Gasteiger partial charge >= 0.3 is 9.15 Å². The van der Waals surface area contributed by atoms with Crippen LogP contribution < -0.4 is 5.73 Å². The molecular formula is C4H9NO4S2. The van der Waals surface area contributed by atoms with Crippen molar-refractivity contribution in [2.24, 2.45) is 5.73 Å². The van der Waals surface area contributed by atoms with Crippen LogP contribution in [0.3, 0.4) is 0 Å². The van der Waals surface area contributed by atoms with E-state index in [0.29, 0.717) is 0 Å². The molecule has 7 heteroatoms. The molecule has 0 heterocycles. The van der Waals surface area contributed by atoms with E-state index in [4.69, 9.17) is 10.3 Å². The summed E-state index contributed by atoms with van der Waals surface area (Å²) in [6, 6.07) is -0.832. The summed E-state index contributed by atoms with van der Waals surface area (Å²) in [6.45, 7) is 1.26. The maximum atomic E-state index is 10.4. The molecule has 0 unspecified atom stereocenters. The van der Waals surface area contributed by atoms with E-state index in [1.165, 1.54) is 6.92 Å². The number of Topliss-reactive ketones (excluding diaryl/α,β-unsaturated/α-hetero) is 1. The number of ketones is 1. The Morgan fingerprint density at radius 2 is 2.18 bits per heavy atom. The van der Waals surface area contributed by atoms with E-state index in [9.17, 15) is 13.2 Å². The van der Waals surface area contributed by atoms with E-state index in [2.05, 4.69) is 0 Å². The van der Waals surface area contributed by atoms with Gasteiger partial charge in [0, 0.05) is 5.75 Å². The van der Waals surface area contributed by atoms with Crippen molar-refractivity contribution in [3.05, 3.63) is 0 Å². The zero-order valence-corrected chi connectivity index (χ0v) is 7.48. The molecule has 0 aromatic heterocycles. The Morgan fingerprint density at radius 1 is 1.73 bits per heavy atom. The molecule has 0 bridgehead atoms. The summed E-state index contributed by atoms with van der Waals surface area (Å²) in [5, 5.41) is 0. The Hall–Kier alpha value is -0.110. The highest BCUT2D eigenvalue weighted by molar-refractivity contribution is 8.69. The topological polar surface area (TPSA) is 97.5 Å². The van der Waals surface area contributed by atoms with Crippen molar-refractivity contribution in [2.75, 3.05) is 5.75 Å². The van der Waals surface area contributed by atoms with Crippen LogP contribution in [0.5, 0.6) is 0 Å². The minimum absolute atomic E-state index is 0.117. The molecule has 0 aliphatic carbocycles. The van der Waals surface area contributed by atoms with Crippen LogP contribution in [0.15, 0.2) is 0 Å². The van der Waals surface area contributed by atoms with Crippen molar-refractivity contribution >= 4 is 25.7 Å². The third-order valence-corrected chi connectivity index (χ3v) is 3.01. The molecule has 0 aromatic carbocycles. The van der Waals surface area contributed by atoms with E-state index in [-0.39, 0.29) is 22.3 Å². The first-order valence-electron chi connectivity index (χ1n) is 2.71. The maximum absolute atomic E-state index is 10.4. The van der Waals surface area contributed by atoms with Crippen molar-refractivity contribution in [3.63, 3.8) is 0 Å². The molecule has 0 rings (SSSR count). The lowest BCUT2D eigenvalue weighted by atomic mass is 10.3. The van der Waals surface area contributed by atoms with Crippen LogP contribution in [0.25, 0.3) is 0 Å². The Labute approximate surface area is 68.5 Å². The molecule has 1 atom stereocenters. The molecule has 66 valence electrons. The van der Waals surface area contributed by atoms with E-state index in [0.717, 1.165) is 0 Å². The van der Waals surface area contributed by atoms with E-state index in [1.807, 2.05) is 0 Å². The SMILES string of the molecule is CC(=O)[C@@H](N)CSS(=O)(=O)O. The summed E-state index contributed by atoms with van der Waals surface area (Å²) in [7, 11) is -3.82. The Morgan fingerprint density at radius 3 is 2.45 bits per heavy atom. The van der Waals surface area contributed by atoms with Gasteiger partial charge in [-0.2, -0.15) is 8.42 Å². The monoisotopic (exact) mass is 199 g/mol. The predicted molar refractivity (Wildman–Crippen MR) is 42.7 cm³/mol. The number of nitrogens with two attached hydrogens (primary N) is 1. The highest BCUT2D eigenvalue weighted by atomic mass is 33.1. The number of carbonyl (C=O) groups excluding carboxylic acids is 1. The van der Waals surface area contributed by atoms with Gasteiger partial charge in [0.2, 0.25) is 0 Å². The molecule has 0 spiro atoms. The quantitative estimate of drug-likeness (QED) is 0.465. The average molecular weight is 199 g/mol. The van der Waals surface area contributed by atoms with E-state index < -0.39 is 15.2 Å². The molecule has 11 heavy (non-hydrogen) atoms. The van der Waals surface area contributed by atoms with Crippen molar-refractivity contribution in [1.29, 1.82) is 0 Å². The number of hydrogen-bond acceptors (Lipinski definition) is 5. The number of carbonyl (C=O) groups is 1. The highest BCUT2D eigenvalue weighted by Gasteiger charge is 2.13. The fraction of sp³-hybridized carbons (Fsp3) is 0.750. The van der Waals surface area contributed by atoms with Crippen molar-refractivity contribution < 1.29 is 17.8 Å². The molecule has 0 amide bonds. The van der Waals surface area contributed by atoms with Gasteiger partial charge in [0.05, 0.1) is 6.04 Å². The van der Waals surface area contributed by atoms with Crippen LogP contribution in [-0.4, -0.2) is 30.5 Å². The lowest BCUT2D eigenvalue weighted by Gasteiger charge is -2.03. The molecule has 0 aromatic rings. The molecule has 5 nitrogen and oxygen atoms in total. The van der Waals surface area contributed by atoms with E-state index >= 15 is 0 Å². The summed E-state index contributed by atoms with van der Waals surface area (Å²) in [5.41, 5.74) is 5.18. The lowest BCUT2D eigenvalue weighted by molar-refractivity contribution is -0.117. The van der Waals surface area contributed by atoms with Crippen LogP contribution in [0, 0.1) is 0 Å². The van der Waals surface area contributed by atoms with Gasteiger partial charge in [0.15, 0.2) is 0 Å². The highest BCUT2D eigenvalue weighted by Crippen LogP contribution is 2.09. The standard InChI is InChI=1S/C4H9NO4S2/c1-3(6)4(5)2-10-11(7,8)9/h4H,2,5H2,1H3,(H,7,8,9)/t4-/m0/s1. The lowest BCUT2D eigenvalue weighted by Crippen LogP contribution is -2.31.